The van der Waals surface area contributed by atoms with Gasteiger partial charge < -0.3 is 9.47 Å². The Balaban J connectivity index is 2.18. The van der Waals surface area contributed by atoms with Gasteiger partial charge in [-0.2, -0.15) is 0 Å². The summed E-state index contributed by atoms with van der Waals surface area (Å²) in [5.74, 6) is 0.350. The van der Waals surface area contributed by atoms with Crippen molar-refractivity contribution in [1.82, 2.24) is 0 Å². The van der Waals surface area contributed by atoms with Gasteiger partial charge in [0.1, 0.15) is 5.60 Å². The first kappa shape index (κ1) is 12.9. The zero-order valence-electron chi connectivity index (χ0n) is 11.3. The molecule has 0 radical (unpaired) electrons. The maximum Gasteiger partial charge on any atom is 0.341 e. The van der Waals surface area contributed by atoms with Gasteiger partial charge >= 0.3 is 5.97 Å². The van der Waals surface area contributed by atoms with Gasteiger partial charge in [-0.25, -0.2) is 4.79 Å². The highest BCUT2D eigenvalue weighted by atomic mass is 16.7. The Hall–Kier alpha value is -0.570. The van der Waals surface area contributed by atoms with Crippen molar-refractivity contribution in [2.75, 3.05) is 6.61 Å². The fourth-order valence-corrected chi connectivity index (χ4v) is 3.53. The molecule has 0 aromatic rings. The molecule has 3 unspecified atom stereocenters. The molecule has 17 heavy (non-hydrogen) atoms. The summed E-state index contributed by atoms with van der Waals surface area (Å²) in [6.45, 7) is 6.62. The lowest BCUT2D eigenvalue weighted by Crippen LogP contribution is -2.41. The maximum atomic E-state index is 12.2. The zero-order chi connectivity index (χ0) is 12.5. The largest absolute Gasteiger partial charge is 0.464 e. The lowest BCUT2D eigenvalue weighted by atomic mass is 9.72. The third-order valence-electron chi connectivity index (χ3n) is 4.44. The molecule has 0 N–H and O–H groups in total. The van der Waals surface area contributed by atoms with Crippen LogP contribution in [0.25, 0.3) is 0 Å². The first-order chi connectivity index (χ1) is 8.13. The molecule has 1 aliphatic heterocycles. The van der Waals surface area contributed by atoms with Crippen LogP contribution in [0, 0.1) is 5.92 Å². The predicted molar refractivity (Wildman–Crippen MR) is 65.7 cm³/mol. The number of hydrogen-bond acceptors (Lipinski definition) is 3. The van der Waals surface area contributed by atoms with Crippen molar-refractivity contribution in [1.29, 1.82) is 0 Å². The number of rotatable bonds is 4. The van der Waals surface area contributed by atoms with Gasteiger partial charge in [0.2, 0.25) is 0 Å². The minimum atomic E-state index is -0.613. The molecule has 1 saturated carbocycles. The Kier molecular flexibility index (Phi) is 3.48. The third-order valence-corrected chi connectivity index (χ3v) is 4.44. The molecule has 0 aromatic heterocycles. The minimum Gasteiger partial charge on any atom is -0.464 e. The molecule has 98 valence electrons. The summed E-state index contributed by atoms with van der Waals surface area (Å²) < 4.78 is 11.3. The second kappa shape index (κ2) is 4.60. The van der Waals surface area contributed by atoms with Crippen molar-refractivity contribution < 1.29 is 14.3 Å². The van der Waals surface area contributed by atoms with E-state index in [-0.39, 0.29) is 11.6 Å². The van der Waals surface area contributed by atoms with Crippen LogP contribution in [0.1, 0.15) is 59.3 Å². The van der Waals surface area contributed by atoms with Crippen molar-refractivity contribution in [3.63, 3.8) is 0 Å². The lowest BCUT2D eigenvalue weighted by molar-refractivity contribution is -0.150. The monoisotopic (exact) mass is 240 g/mol. The summed E-state index contributed by atoms with van der Waals surface area (Å²) >= 11 is 0. The fourth-order valence-electron chi connectivity index (χ4n) is 3.53. The van der Waals surface area contributed by atoms with E-state index in [1.54, 1.807) is 0 Å². The molecule has 1 aliphatic carbocycles. The van der Waals surface area contributed by atoms with E-state index >= 15 is 0 Å². The number of carbonyl (C=O) groups is 1. The standard InChI is InChI=1S/C14H24O3/c1-4-9-14(12(15)16-5-2)13(17-14)10-7-6-8-11(13)3/h11H,4-10H2,1-3H3. The zero-order valence-corrected chi connectivity index (χ0v) is 11.3. The highest BCUT2D eigenvalue weighted by Gasteiger charge is 2.76. The first-order valence-corrected chi connectivity index (χ1v) is 7.00. The molecule has 2 fully saturated rings. The molecule has 0 amide bonds. The van der Waals surface area contributed by atoms with Crippen molar-refractivity contribution >= 4 is 5.97 Å². The average Bonchev–Trinajstić information content (AvgIpc) is 2.94. The van der Waals surface area contributed by atoms with Crippen LogP contribution in [0.5, 0.6) is 0 Å². The molecule has 1 saturated heterocycles. The van der Waals surface area contributed by atoms with Crippen molar-refractivity contribution in [2.45, 2.75) is 70.5 Å². The molecule has 1 spiro atoms. The highest BCUT2D eigenvalue weighted by Crippen LogP contribution is 2.61. The number of epoxide rings is 1. The average molecular weight is 240 g/mol. The van der Waals surface area contributed by atoms with E-state index in [2.05, 4.69) is 13.8 Å². The van der Waals surface area contributed by atoms with E-state index in [4.69, 9.17) is 9.47 Å². The molecule has 0 aromatic carbocycles. The second-order valence-electron chi connectivity index (χ2n) is 5.44. The van der Waals surface area contributed by atoms with Gasteiger partial charge in [0.05, 0.1) is 6.61 Å². The van der Waals surface area contributed by atoms with Crippen LogP contribution in [0.2, 0.25) is 0 Å². The van der Waals surface area contributed by atoms with Gasteiger partial charge in [-0.05, 0) is 32.1 Å². The molecule has 2 aliphatic rings. The number of carbonyl (C=O) groups excluding carboxylic acids is 1. The lowest BCUT2D eigenvalue weighted by Gasteiger charge is -2.28. The molecule has 2 rings (SSSR count). The van der Waals surface area contributed by atoms with Gasteiger partial charge in [-0.3, -0.25) is 0 Å². The predicted octanol–water partition coefficient (Wildman–Crippen LogP) is 3.07. The van der Waals surface area contributed by atoms with Crippen LogP contribution in [0.15, 0.2) is 0 Å². The van der Waals surface area contributed by atoms with Gasteiger partial charge in [-0.15, -0.1) is 0 Å². The number of hydrogen-bond donors (Lipinski definition) is 0. The van der Waals surface area contributed by atoms with Crippen LogP contribution >= 0.6 is 0 Å². The summed E-state index contributed by atoms with van der Waals surface area (Å²) in [6.07, 6.45) is 6.40. The van der Waals surface area contributed by atoms with Gasteiger partial charge in [0, 0.05) is 0 Å². The summed E-state index contributed by atoms with van der Waals surface area (Å²) in [6, 6.07) is 0. The molecular formula is C14H24O3. The molecule has 1 heterocycles. The maximum absolute atomic E-state index is 12.2. The van der Waals surface area contributed by atoms with Gasteiger partial charge in [0.15, 0.2) is 5.60 Å². The van der Waals surface area contributed by atoms with Crippen LogP contribution in [-0.2, 0) is 14.3 Å². The third kappa shape index (κ3) is 1.79. The molecule has 3 atom stereocenters. The topological polar surface area (TPSA) is 38.8 Å². The Morgan fingerprint density at radius 2 is 2.18 bits per heavy atom. The molecule has 3 heteroatoms. The van der Waals surface area contributed by atoms with E-state index < -0.39 is 5.60 Å². The SMILES string of the molecule is CCCC1(C(=O)OCC)OC12CCCCC2C. The number of ether oxygens (including phenoxy) is 2. The molecule has 3 nitrogen and oxygen atoms in total. The smallest absolute Gasteiger partial charge is 0.341 e. The van der Waals surface area contributed by atoms with Crippen LogP contribution in [-0.4, -0.2) is 23.8 Å². The van der Waals surface area contributed by atoms with Crippen molar-refractivity contribution in [2.24, 2.45) is 5.92 Å². The van der Waals surface area contributed by atoms with E-state index in [9.17, 15) is 4.79 Å². The first-order valence-electron chi connectivity index (χ1n) is 7.00. The summed E-state index contributed by atoms with van der Waals surface area (Å²) in [4.78, 5) is 12.2. The number of esters is 1. The van der Waals surface area contributed by atoms with Crippen LogP contribution < -0.4 is 0 Å². The Morgan fingerprint density at radius 3 is 2.76 bits per heavy atom. The minimum absolute atomic E-state index is 0.129. The van der Waals surface area contributed by atoms with Gasteiger partial charge in [0.25, 0.3) is 0 Å². The Labute approximate surface area is 104 Å². The normalized spacial score (nSPS) is 40.3. The molecule has 0 bridgehead atoms. The second-order valence-corrected chi connectivity index (χ2v) is 5.44. The molecular weight excluding hydrogens is 216 g/mol. The van der Waals surface area contributed by atoms with Crippen molar-refractivity contribution in [3.05, 3.63) is 0 Å². The van der Waals surface area contributed by atoms with Gasteiger partial charge in [-0.1, -0.05) is 33.1 Å². The van der Waals surface area contributed by atoms with E-state index in [0.717, 1.165) is 19.3 Å². The van der Waals surface area contributed by atoms with Crippen molar-refractivity contribution in [3.8, 4) is 0 Å². The van der Waals surface area contributed by atoms with E-state index in [1.165, 1.54) is 19.3 Å². The van der Waals surface area contributed by atoms with E-state index in [0.29, 0.717) is 12.5 Å². The van der Waals surface area contributed by atoms with Crippen LogP contribution in [0.3, 0.4) is 0 Å². The Bertz CT molecular complexity index is 302. The van der Waals surface area contributed by atoms with E-state index in [1.807, 2.05) is 6.92 Å². The van der Waals surface area contributed by atoms with Crippen LogP contribution in [0.4, 0.5) is 0 Å². The fraction of sp³-hybridized carbons (Fsp3) is 0.929. The summed E-state index contributed by atoms with van der Waals surface area (Å²) in [5, 5.41) is 0. The summed E-state index contributed by atoms with van der Waals surface area (Å²) in [7, 11) is 0. The summed E-state index contributed by atoms with van der Waals surface area (Å²) in [5.41, 5.74) is -0.814. The highest BCUT2D eigenvalue weighted by molar-refractivity contribution is 5.85. The quantitative estimate of drug-likeness (QED) is 0.560. The Morgan fingerprint density at radius 1 is 1.41 bits per heavy atom.